The van der Waals surface area contributed by atoms with Gasteiger partial charge in [0, 0.05) is 33.8 Å². The maximum atomic E-state index is 0. The topological polar surface area (TPSA) is 0 Å². The summed E-state index contributed by atoms with van der Waals surface area (Å²) < 4.78 is 0. The Labute approximate surface area is 69.3 Å². The fourth-order valence-electron chi connectivity index (χ4n) is 0. The van der Waals surface area contributed by atoms with Gasteiger partial charge in [-0.2, -0.15) is 9.90 Å². The first-order valence-corrected chi connectivity index (χ1v) is 0. The molecule has 0 aliphatic heterocycles. The molecule has 1 unspecified atom stereocenters. The fraction of sp³-hybridized carbons (Fsp3) is 0. The van der Waals surface area contributed by atoms with Crippen LogP contribution in [0.3, 0.4) is 0 Å². The van der Waals surface area contributed by atoms with E-state index in [1.54, 1.807) is 0 Å². The molecule has 2 radical (unpaired) electrons. The van der Waals surface area contributed by atoms with Crippen molar-refractivity contribution in [2.75, 3.05) is 0 Å². The molecule has 0 aromatic rings. The summed E-state index contributed by atoms with van der Waals surface area (Å²) in [6, 6.07) is 0. The average Bonchev–Trinajstić information content (AvgIpc) is 0. The van der Waals surface area contributed by atoms with Crippen LogP contribution in [0, 0.1) is 0 Å². The largest absolute Gasteiger partial charge is 0 e. The quantitative estimate of drug-likeness (QED) is 0.379. The van der Waals surface area contributed by atoms with Crippen LogP contribution >= 0.6 is 9.90 Å². The zero-order chi connectivity index (χ0) is 0. The van der Waals surface area contributed by atoms with Gasteiger partial charge < -0.3 is 0 Å². The zero-order valence-corrected chi connectivity index (χ0v) is 11.3. The van der Waals surface area contributed by atoms with Crippen LogP contribution in [0.25, 0.3) is 0 Å². The van der Waals surface area contributed by atoms with Gasteiger partial charge in [-0.15, -0.1) is 0 Å². The molecule has 0 aromatic carbocycles. The summed E-state index contributed by atoms with van der Waals surface area (Å²) in [5.41, 5.74) is 0. The summed E-state index contributed by atoms with van der Waals surface area (Å²) in [5.74, 6) is 0. The molecule has 0 amide bonds. The molecule has 0 N–H and O–H groups in total. The molecule has 4 heavy (non-hydrogen) atoms. The van der Waals surface area contributed by atoms with Crippen LogP contribution in [-0.2, 0) is 33.8 Å². The third kappa shape index (κ3) is 8.84. The van der Waals surface area contributed by atoms with Crippen LogP contribution in [0.15, 0.2) is 0 Å². The van der Waals surface area contributed by atoms with E-state index in [1.807, 2.05) is 0 Å². The van der Waals surface area contributed by atoms with Crippen molar-refractivity contribution in [1.82, 2.24) is 0 Å². The Bertz CT molecular complexity index is 8.00. The van der Waals surface area contributed by atoms with Crippen LogP contribution < -0.4 is 0 Å². The predicted octanol–water partition coefficient (Wildman–Crippen LogP) is -1.13. The Morgan fingerprint density at radius 1 is 1.00 bits per heavy atom. The molecule has 0 nitrogen and oxygen atoms in total. The van der Waals surface area contributed by atoms with Gasteiger partial charge in [0.15, 0.2) is 0 Å². The van der Waals surface area contributed by atoms with Crippen molar-refractivity contribution >= 4 is 36.1 Å². The second-order valence-electron chi connectivity index (χ2n) is 0. The maximum Gasteiger partial charge on any atom is 0 e. The Morgan fingerprint density at radius 3 is 1.00 bits per heavy atom. The number of rotatable bonds is 0. The molecule has 0 bridgehead atoms. The van der Waals surface area contributed by atoms with Crippen molar-refractivity contribution in [3.8, 4) is 0 Å². The molecule has 0 aliphatic carbocycles. The number of hydrogen-bond donors (Lipinski definition) is 0. The van der Waals surface area contributed by atoms with Crippen LogP contribution in [0.5, 0.6) is 0 Å². The monoisotopic (exact) mass is 360 g/mol. The molecule has 32 valence electrons. The van der Waals surface area contributed by atoms with Gasteiger partial charge in [-0.1, -0.05) is 0 Å². The molecule has 0 saturated heterocycles. The van der Waals surface area contributed by atoms with E-state index in [-0.39, 0.29) is 69.9 Å². The van der Waals surface area contributed by atoms with E-state index in [0.717, 1.165) is 0 Å². The molecule has 0 heterocycles. The third-order valence-electron chi connectivity index (χ3n) is 0. The Kier molecular flexibility index (Phi) is 152. The van der Waals surface area contributed by atoms with Crippen LogP contribution in [0.2, 0.25) is 0 Å². The predicted molar refractivity (Wildman–Crippen MR) is 21.0 cm³/mol. The van der Waals surface area contributed by atoms with E-state index in [0.29, 0.717) is 0 Å². The van der Waals surface area contributed by atoms with Gasteiger partial charge in [0.25, 0.3) is 0 Å². The third-order valence-corrected chi connectivity index (χ3v) is 0. The molecule has 4 heteroatoms. The van der Waals surface area contributed by atoms with Crippen molar-refractivity contribution in [3.63, 3.8) is 0 Å². The first-order chi connectivity index (χ1) is 0. The van der Waals surface area contributed by atoms with Crippen molar-refractivity contribution in [2.45, 2.75) is 0 Å². The van der Waals surface area contributed by atoms with E-state index < -0.39 is 0 Å². The standard InChI is InChI=1S/Bi.Co.Mn.H3P.3H/h;;;1H3;;;. The summed E-state index contributed by atoms with van der Waals surface area (Å²) in [6.07, 6.45) is 0. The normalized spacial score (nSPS) is 0. The minimum atomic E-state index is 0. The summed E-state index contributed by atoms with van der Waals surface area (Å²) >= 11 is 0. The Morgan fingerprint density at radius 2 is 1.00 bits per heavy atom. The van der Waals surface area contributed by atoms with Gasteiger partial charge >= 0.3 is 26.2 Å². The Hall–Kier alpha value is 2.34. The first kappa shape index (κ1) is 33.0. The second kappa shape index (κ2) is 18.4. The van der Waals surface area contributed by atoms with E-state index in [2.05, 4.69) is 0 Å². The van der Waals surface area contributed by atoms with Crippen LogP contribution in [-0.4, -0.2) is 26.2 Å². The van der Waals surface area contributed by atoms with Crippen LogP contribution in [0.1, 0.15) is 0 Å². The van der Waals surface area contributed by atoms with Crippen molar-refractivity contribution in [3.05, 3.63) is 0 Å². The van der Waals surface area contributed by atoms with Gasteiger partial charge in [0.2, 0.25) is 0 Å². The van der Waals surface area contributed by atoms with E-state index >= 15 is 0 Å². The van der Waals surface area contributed by atoms with E-state index in [4.69, 9.17) is 0 Å². The first-order valence-electron chi connectivity index (χ1n) is 0. The van der Waals surface area contributed by atoms with E-state index in [1.165, 1.54) is 0 Å². The molecule has 0 saturated carbocycles. The second-order valence-corrected chi connectivity index (χ2v) is 0. The maximum absolute atomic E-state index is 0. The molecule has 1 atom stereocenters. The Balaban J connectivity index is 0. The summed E-state index contributed by atoms with van der Waals surface area (Å²) in [7, 11) is 0. The van der Waals surface area contributed by atoms with E-state index in [9.17, 15) is 0 Å². The van der Waals surface area contributed by atoms with Gasteiger partial charge in [-0.3, -0.25) is 0 Å². The van der Waals surface area contributed by atoms with Crippen molar-refractivity contribution in [2.24, 2.45) is 0 Å². The molecule has 0 fully saturated rings. The summed E-state index contributed by atoms with van der Waals surface area (Å²) in [5, 5.41) is 0. The SMILES string of the molecule is P.[BiH3].[Co].[Mn]. The van der Waals surface area contributed by atoms with Crippen LogP contribution in [0.4, 0.5) is 0 Å². The molecule has 0 aliphatic rings. The van der Waals surface area contributed by atoms with Gasteiger partial charge in [-0.25, -0.2) is 0 Å². The number of hydrogen-bond acceptors (Lipinski definition) is 0. The summed E-state index contributed by atoms with van der Waals surface area (Å²) in [6.45, 7) is 0. The minimum absolute atomic E-state index is 0. The fourth-order valence-corrected chi connectivity index (χ4v) is 0. The van der Waals surface area contributed by atoms with Gasteiger partial charge in [-0.05, 0) is 0 Å². The molecule has 0 rings (SSSR count). The zero-order valence-electron chi connectivity index (χ0n) is 2.13. The molecular formula is H6BiCoMnP. The molecule has 0 aromatic heterocycles. The molecule has 0 spiro atoms. The van der Waals surface area contributed by atoms with Crippen molar-refractivity contribution < 1.29 is 33.8 Å². The average molecular weight is 360 g/mol. The van der Waals surface area contributed by atoms with Gasteiger partial charge in [0.1, 0.15) is 0 Å². The molecular weight excluding hydrogens is 354 g/mol. The van der Waals surface area contributed by atoms with Gasteiger partial charge in [0.05, 0.1) is 0 Å². The minimum Gasteiger partial charge on any atom is 0 e. The summed E-state index contributed by atoms with van der Waals surface area (Å²) in [4.78, 5) is 0. The van der Waals surface area contributed by atoms with Crippen molar-refractivity contribution in [1.29, 1.82) is 0 Å². The smallest absolute Gasteiger partial charge is 0 e.